The summed E-state index contributed by atoms with van der Waals surface area (Å²) in [7, 11) is 0. The van der Waals surface area contributed by atoms with Gasteiger partial charge in [-0.15, -0.1) is 0 Å². The molecule has 2 N–H and O–H groups in total. The first-order chi connectivity index (χ1) is 13.1. The number of aliphatic hydroxyl groups is 1. The van der Waals surface area contributed by atoms with E-state index < -0.39 is 23.4 Å². The fourth-order valence-corrected chi connectivity index (χ4v) is 2.84. The summed E-state index contributed by atoms with van der Waals surface area (Å²) in [5, 5.41) is 13.3. The zero-order valence-electron chi connectivity index (χ0n) is 17.8. The van der Waals surface area contributed by atoms with Gasteiger partial charge in [0.2, 0.25) is 0 Å². The molecule has 0 saturated heterocycles. The minimum Gasteiger partial charge on any atom is -0.449 e. The minimum absolute atomic E-state index is 0.00820. The van der Waals surface area contributed by atoms with Crippen LogP contribution in [0.5, 0.6) is 0 Å². The van der Waals surface area contributed by atoms with Crippen LogP contribution in [0.15, 0.2) is 24.3 Å². The van der Waals surface area contributed by atoms with Crippen molar-refractivity contribution in [2.24, 2.45) is 0 Å². The highest BCUT2D eigenvalue weighted by atomic mass is 19.1. The van der Waals surface area contributed by atoms with E-state index in [0.717, 1.165) is 12.8 Å². The van der Waals surface area contributed by atoms with E-state index in [1.54, 1.807) is 24.3 Å². The van der Waals surface area contributed by atoms with Crippen LogP contribution in [-0.4, -0.2) is 28.9 Å². The van der Waals surface area contributed by atoms with Crippen molar-refractivity contribution in [3.8, 4) is 11.8 Å². The summed E-state index contributed by atoms with van der Waals surface area (Å²) in [4.78, 5) is 11.6. The van der Waals surface area contributed by atoms with Crippen molar-refractivity contribution < 1.29 is 19.0 Å². The number of nitrogens with one attached hydrogen (secondary N) is 1. The molecule has 0 aromatic heterocycles. The molecule has 0 fully saturated rings. The lowest BCUT2D eigenvalue weighted by Gasteiger charge is -2.20. The smallest absolute Gasteiger partial charge is 0.407 e. The van der Waals surface area contributed by atoms with Crippen LogP contribution in [0.1, 0.15) is 84.0 Å². The van der Waals surface area contributed by atoms with Crippen LogP contribution in [0, 0.1) is 11.8 Å². The molecule has 0 saturated carbocycles. The van der Waals surface area contributed by atoms with Crippen LogP contribution >= 0.6 is 0 Å². The van der Waals surface area contributed by atoms with E-state index in [2.05, 4.69) is 17.2 Å². The van der Waals surface area contributed by atoms with Gasteiger partial charge < -0.3 is 15.2 Å². The Hall–Kier alpha value is -2.06. The number of ether oxygens (including phenoxy) is 1. The zero-order chi connectivity index (χ0) is 21.2. The molecule has 1 aromatic rings. The normalized spacial score (nSPS) is 12.7. The second-order valence-corrected chi connectivity index (χ2v) is 8.17. The van der Waals surface area contributed by atoms with E-state index in [9.17, 15) is 14.3 Å². The number of carbonyl (C=O) groups excluding carboxylic acids is 1. The van der Waals surface area contributed by atoms with Crippen LogP contribution in [0.3, 0.4) is 0 Å². The summed E-state index contributed by atoms with van der Waals surface area (Å²) < 4.78 is 19.5. The highest BCUT2D eigenvalue weighted by Gasteiger charge is 2.21. The number of benzene rings is 1. The average Bonchev–Trinajstić information content (AvgIpc) is 2.59. The second kappa shape index (κ2) is 11.1. The van der Waals surface area contributed by atoms with E-state index in [4.69, 9.17) is 4.74 Å². The molecule has 1 aromatic carbocycles. The SMILES string of the molecule is CCCC(O)(C#Cc1cccc(C(F)CCOC(=O)NC(C)(C)C)c1)CCC. The summed E-state index contributed by atoms with van der Waals surface area (Å²) in [5.41, 5.74) is -0.238. The molecule has 156 valence electrons. The molecular formula is C23H34FNO3. The van der Waals surface area contributed by atoms with Gasteiger partial charge in [-0.3, -0.25) is 0 Å². The van der Waals surface area contributed by atoms with Crippen molar-refractivity contribution in [1.29, 1.82) is 0 Å². The molecule has 1 amide bonds. The quantitative estimate of drug-likeness (QED) is 0.592. The second-order valence-electron chi connectivity index (χ2n) is 8.17. The Kier molecular flexibility index (Phi) is 9.48. The Morgan fingerprint density at radius 2 is 1.89 bits per heavy atom. The summed E-state index contributed by atoms with van der Waals surface area (Å²) in [6.07, 6.45) is 1.20. The minimum atomic E-state index is -1.26. The first-order valence-electron chi connectivity index (χ1n) is 10.0. The van der Waals surface area contributed by atoms with Gasteiger partial charge in [-0.05, 0) is 51.3 Å². The first-order valence-corrected chi connectivity index (χ1v) is 10.0. The van der Waals surface area contributed by atoms with Gasteiger partial charge in [0.1, 0.15) is 11.8 Å². The van der Waals surface area contributed by atoms with Gasteiger partial charge in [0.15, 0.2) is 0 Å². The van der Waals surface area contributed by atoms with Gasteiger partial charge in [-0.25, -0.2) is 9.18 Å². The first kappa shape index (κ1) is 24.0. The summed E-state index contributed by atoms with van der Waals surface area (Å²) >= 11 is 0. The highest BCUT2D eigenvalue weighted by molar-refractivity contribution is 5.68. The van der Waals surface area contributed by atoms with Crippen molar-refractivity contribution in [3.05, 3.63) is 35.4 Å². The predicted molar refractivity (Wildman–Crippen MR) is 111 cm³/mol. The lowest BCUT2D eigenvalue weighted by atomic mass is 9.93. The lowest BCUT2D eigenvalue weighted by Crippen LogP contribution is -2.41. The number of hydrogen-bond acceptors (Lipinski definition) is 3. The van der Waals surface area contributed by atoms with Crippen LogP contribution in [0.4, 0.5) is 9.18 Å². The van der Waals surface area contributed by atoms with Crippen molar-refractivity contribution in [2.45, 2.75) is 84.0 Å². The Balaban J connectivity index is 2.70. The number of amides is 1. The Morgan fingerprint density at radius 3 is 2.46 bits per heavy atom. The Morgan fingerprint density at radius 1 is 1.25 bits per heavy atom. The maximum atomic E-state index is 14.5. The maximum Gasteiger partial charge on any atom is 0.407 e. The van der Waals surface area contributed by atoms with Crippen LogP contribution < -0.4 is 5.32 Å². The highest BCUT2D eigenvalue weighted by Crippen LogP contribution is 2.23. The molecule has 0 aliphatic heterocycles. The third kappa shape index (κ3) is 9.23. The van der Waals surface area contributed by atoms with Crippen molar-refractivity contribution in [2.75, 3.05) is 6.61 Å². The lowest BCUT2D eigenvalue weighted by molar-refractivity contribution is 0.0807. The van der Waals surface area contributed by atoms with Gasteiger partial charge in [-0.2, -0.15) is 0 Å². The van der Waals surface area contributed by atoms with Gasteiger partial charge in [0.05, 0.1) is 6.61 Å². The van der Waals surface area contributed by atoms with Crippen LogP contribution in [0.2, 0.25) is 0 Å². The summed E-state index contributed by atoms with van der Waals surface area (Å²) in [5.74, 6) is 5.95. The summed E-state index contributed by atoms with van der Waals surface area (Å²) in [6, 6.07) is 6.92. The number of alkyl halides is 1. The molecule has 0 aliphatic rings. The largest absolute Gasteiger partial charge is 0.449 e. The Bertz CT molecular complexity index is 679. The molecule has 0 radical (unpaired) electrons. The standard InChI is InChI=1S/C23H34FNO3/c1-6-13-23(27,14-7-2)15-11-18-9-8-10-19(17-18)20(24)12-16-28-21(26)25-22(3,4)5/h8-10,17,20,27H,6-7,12-14,16H2,1-5H3,(H,25,26). The molecule has 1 atom stereocenters. The van der Waals surface area contributed by atoms with E-state index in [1.165, 1.54) is 0 Å². The number of rotatable bonds is 8. The monoisotopic (exact) mass is 391 g/mol. The molecular weight excluding hydrogens is 357 g/mol. The topological polar surface area (TPSA) is 58.6 Å². The number of hydrogen-bond donors (Lipinski definition) is 2. The average molecular weight is 392 g/mol. The molecule has 5 heteroatoms. The van der Waals surface area contributed by atoms with Gasteiger partial charge in [-0.1, -0.05) is 50.7 Å². The van der Waals surface area contributed by atoms with Crippen LogP contribution in [0.25, 0.3) is 0 Å². The van der Waals surface area contributed by atoms with E-state index >= 15 is 0 Å². The molecule has 0 heterocycles. The number of halogens is 1. The van der Waals surface area contributed by atoms with E-state index in [0.29, 0.717) is 24.0 Å². The molecule has 4 nitrogen and oxygen atoms in total. The third-order valence-corrected chi connectivity index (χ3v) is 4.10. The third-order valence-electron chi connectivity index (χ3n) is 4.10. The molecule has 0 spiro atoms. The van der Waals surface area contributed by atoms with Crippen molar-refractivity contribution in [3.63, 3.8) is 0 Å². The maximum absolute atomic E-state index is 14.5. The zero-order valence-corrected chi connectivity index (χ0v) is 17.8. The number of alkyl carbamates (subject to hydrolysis) is 1. The molecule has 1 rings (SSSR count). The fraction of sp³-hybridized carbons (Fsp3) is 0.609. The van der Waals surface area contributed by atoms with Crippen LogP contribution in [-0.2, 0) is 4.74 Å². The fourth-order valence-electron chi connectivity index (χ4n) is 2.84. The van der Waals surface area contributed by atoms with E-state index in [-0.39, 0.29) is 13.0 Å². The van der Waals surface area contributed by atoms with E-state index in [1.807, 2.05) is 34.6 Å². The molecule has 0 aliphatic carbocycles. The predicted octanol–water partition coefficient (Wildman–Crippen LogP) is 5.29. The molecule has 1 unspecified atom stereocenters. The number of carbonyl (C=O) groups is 1. The summed E-state index contributed by atoms with van der Waals surface area (Å²) in [6.45, 7) is 9.56. The van der Waals surface area contributed by atoms with Gasteiger partial charge >= 0.3 is 6.09 Å². The van der Waals surface area contributed by atoms with Crippen molar-refractivity contribution >= 4 is 6.09 Å². The van der Waals surface area contributed by atoms with Crippen molar-refractivity contribution in [1.82, 2.24) is 5.32 Å². The van der Waals surface area contributed by atoms with Gasteiger partial charge in [0.25, 0.3) is 0 Å². The molecule has 28 heavy (non-hydrogen) atoms. The Labute approximate surface area is 168 Å². The molecule has 0 bridgehead atoms. The van der Waals surface area contributed by atoms with Gasteiger partial charge in [0, 0.05) is 17.5 Å².